The van der Waals surface area contributed by atoms with Crippen LogP contribution in [0.4, 0.5) is 5.69 Å². The number of anilines is 1. The van der Waals surface area contributed by atoms with Crippen molar-refractivity contribution in [2.45, 2.75) is 5.75 Å². The average Bonchev–Trinajstić information content (AvgIpc) is 2.29. The number of rotatable bonds is 5. The van der Waals surface area contributed by atoms with E-state index in [1.807, 2.05) is 0 Å². The Morgan fingerprint density at radius 1 is 1.35 bits per heavy atom. The van der Waals surface area contributed by atoms with Gasteiger partial charge in [-0.25, -0.2) is 13.1 Å². The van der Waals surface area contributed by atoms with Gasteiger partial charge >= 0.3 is 0 Å². The fourth-order valence-corrected chi connectivity index (χ4v) is 2.31. The molecule has 6 nitrogen and oxygen atoms in total. The molecule has 0 spiro atoms. The molecule has 0 atom stereocenters. The summed E-state index contributed by atoms with van der Waals surface area (Å²) in [7, 11) is -2.12. The highest BCUT2D eigenvalue weighted by molar-refractivity contribution is 7.88. The summed E-state index contributed by atoms with van der Waals surface area (Å²) in [6, 6.07) is 6.70. The summed E-state index contributed by atoms with van der Waals surface area (Å²) in [5.74, 6) is -0.633. The van der Waals surface area contributed by atoms with Gasteiger partial charge in [0.15, 0.2) is 0 Å². The van der Waals surface area contributed by atoms with Gasteiger partial charge in [0.25, 0.3) is 0 Å². The van der Waals surface area contributed by atoms with Crippen molar-refractivity contribution in [2.75, 3.05) is 19.3 Å². The number of carbonyl (C=O) groups excluding carboxylic acids is 1. The Labute approximate surface area is 100 Å². The van der Waals surface area contributed by atoms with E-state index in [-0.39, 0.29) is 12.3 Å². The second-order valence-corrected chi connectivity index (χ2v) is 5.26. The van der Waals surface area contributed by atoms with E-state index >= 15 is 0 Å². The number of hydrogen-bond donors (Lipinski definition) is 3. The molecule has 4 N–H and O–H groups in total. The third kappa shape index (κ3) is 4.41. The van der Waals surface area contributed by atoms with Gasteiger partial charge in [0, 0.05) is 12.7 Å². The zero-order chi connectivity index (χ0) is 12.9. The second-order valence-electron chi connectivity index (χ2n) is 3.45. The van der Waals surface area contributed by atoms with Crippen LogP contribution in [0.2, 0.25) is 0 Å². The zero-order valence-electron chi connectivity index (χ0n) is 9.43. The molecule has 0 fully saturated rings. The lowest BCUT2D eigenvalue weighted by Crippen LogP contribution is -2.35. The number of para-hydroxylation sites is 1. The van der Waals surface area contributed by atoms with Crippen molar-refractivity contribution in [2.24, 2.45) is 0 Å². The van der Waals surface area contributed by atoms with Crippen molar-refractivity contribution in [3.05, 3.63) is 29.8 Å². The summed E-state index contributed by atoms with van der Waals surface area (Å²) in [5.41, 5.74) is 6.56. The lowest BCUT2D eigenvalue weighted by molar-refractivity contribution is -0.119. The summed E-state index contributed by atoms with van der Waals surface area (Å²) in [6.45, 7) is -0.272. The fourth-order valence-electron chi connectivity index (χ4n) is 1.19. The molecule has 0 aliphatic heterocycles. The van der Waals surface area contributed by atoms with Crippen molar-refractivity contribution in [3.63, 3.8) is 0 Å². The maximum Gasteiger partial charge on any atom is 0.234 e. The Kier molecular flexibility index (Phi) is 4.47. The van der Waals surface area contributed by atoms with Crippen molar-refractivity contribution in [1.82, 2.24) is 10.0 Å². The first-order valence-corrected chi connectivity index (χ1v) is 6.61. The maximum absolute atomic E-state index is 11.6. The van der Waals surface area contributed by atoms with E-state index in [2.05, 4.69) is 10.0 Å². The highest BCUT2D eigenvalue weighted by Crippen LogP contribution is 2.13. The number of nitrogens with two attached hydrogens (primary N) is 1. The zero-order valence-corrected chi connectivity index (χ0v) is 10.3. The van der Waals surface area contributed by atoms with Crippen molar-refractivity contribution in [1.29, 1.82) is 0 Å². The van der Waals surface area contributed by atoms with Crippen LogP contribution >= 0.6 is 0 Å². The minimum Gasteiger partial charge on any atom is -0.398 e. The molecular formula is C10H15N3O3S. The molecule has 1 rings (SSSR count). The smallest absolute Gasteiger partial charge is 0.234 e. The third-order valence-electron chi connectivity index (χ3n) is 2.13. The van der Waals surface area contributed by atoms with Crippen LogP contribution < -0.4 is 15.8 Å². The summed E-state index contributed by atoms with van der Waals surface area (Å²) in [4.78, 5) is 10.9. The van der Waals surface area contributed by atoms with Gasteiger partial charge in [0.1, 0.15) is 0 Å². The fraction of sp³-hybridized carbons (Fsp3) is 0.300. The van der Waals surface area contributed by atoms with Crippen molar-refractivity contribution in [3.8, 4) is 0 Å². The number of benzene rings is 1. The Morgan fingerprint density at radius 2 is 2.00 bits per heavy atom. The van der Waals surface area contributed by atoms with Crippen LogP contribution in [0.25, 0.3) is 0 Å². The maximum atomic E-state index is 11.6. The molecule has 17 heavy (non-hydrogen) atoms. The second kappa shape index (κ2) is 5.65. The predicted molar refractivity (Wildman–Crippen MR) is 65.5 cm³/mol. The van der Waals surface area contributed by atoms with Crippen LogP contribution in [0, 0.1) is 0 Å². The van der Waals surface area contributed by atoms with Gasteiger partial charge in [-0.1, -0.05) is 18.2 Å². The molecule has 0 bridgehead atoms. The molecule has 0 radical (unpaired) electrons. The summed E-state index contributed by atoms with van der Waals surface area (Å²) >= 11 is 0. The van der Waals surface area contributed by atoms with Gasteiger partial charge in [-0.15, -0.1) is 0 Å². The van der Waals surface area contributed by atoms with E-state index in [0.717, 1.165) is 0 Å². The minimum absolute atomic E-state index is 0.239. The van der Waals surface area contributed by atoms with Gasteiger partial charge in [-0.05, 0) is 11.6 Å². The number of hydrogen-bond acceptors (Lipinski definition) is 4. The SMILES string of the molecule is CNC(=O)CNS(=O)(=O)Cc1ccccc1N. The molecule has 1 aromatic carbocycles. The van der Waals surface area contributed by atoms with Gasteiger partial charge in [-0.3, -0.25) is 4.79 Å². The van der Waals surface area contributed by atoms with Crippen molar-refractivity contribution < 1.29 is 13.2 Å². The Morgan fingerprint density at radius 3 is 2.59 bits per heavy atom. The summed E-state index contributed by atoms with van der Waals surface area (Å²) in [5, 5.41) is 2.32. The normalized spacial score (nSPS) is 11.1. The number of amides is 1. The minimum atomic E-state index is -3.55. The molecule has 0 saturated carbocycles. The predicted octanol–water partition coefficient (Wildman–Crippen LogP) is -0.566. The van der Waals surface area contributed by atoms with Crippen LogP contribution in [0.3, 0.4) is 0 Å². The van der Waals surface area contributed by atoms with Gasteiger partial charge in [0.05, 0.1) is 12.3 Å². The molecule has 0 aliphatic rings. The van der Waals surface area contributed by atoms with E-state index in [1.165, 1.54) is 7.05 Å². The third-order valence-corrected chi connectivity index (χ3v) is 3.41. The van der Waals surface area contributed by atoms with Crippen molar-refractivity contribution >= 4 is 21.6 Å². The summed E-state index contributed by atoms with van der Waals surface area (Å²) in [6.07, 6.45) is 0. The average molecular weight is 257 g/mol. The number of carbonyl (C=O) groups is 1. The lowest BCUT2D eigenvalue weighted by atomic mass is 10.2. The quantitative estimate of drug-likeness (QED) is 0.615. The Bertz CT molecular complexity index is 499. The van der Waals surface area contributed by atoms with E-state index in [0.29, 0.717) is 11.3 Å². The molecule has 0 saturated heterocycles. The molecule has 0 aromatic heterocycles. The molecule has 0 aliphatic carbocycles. The highest BCUT2D eigenvalue weighted by atomic mass is 32.2. The number of likely N-dealkylation sites (N-methyl/N-ethyl adjacent to an activating group) is 1. The van der Waals surface area contributed by atoms with Crippen LogP contribution in [0.15, 0.2) is 24.3 Å². The number of nitrogens with one attached hydrogen (secondary N) is 2. The van der Waals surface area contributed by atoms with Gasteiger partial charge in [-0.2, -0.15) is 0 Å². The topological polar surface area (TPSA) is 101 Å². The molecule has 0 heterocycles. The van der Waals surface area contributed by atoms with Gasteiger partial charge < -0.3 is 11.1 Å². The highest BCUT2D eigenvalue weighted by Gasteiger charge is 2.14. The van der Waals surface area contributed by atoms with E-state index in [4.69, 9.17) is 5.73 Å². The van der Waals surface area contributed by atoms with Crippen LogP contribution in [0.1, 0.15) is 5.56 Å². The first-order valence-electron chi connectivity index (χ1n) is 4.96. The molecule has 94 valence electrons. The Balaban J connectivity index is 2.67. The van der Waals surface area contributed by atoms with E-state index in [1.54, 1.807) is 24.3 Å². The van der Waals surface area contributed by atoms with E-state index in [9.17, 15) is 13.2 Å². The van der Waals surface area contributed by atoms with E-state index < -0.39 is 15.9 Å². The summed E-state index contributed by atoms with van der Waals surface area (Å²) < 4.78 is 25.4. The monoisotopic (exact) mass is 257 g/mol. The van der Waals surface area contributed by atoms with Crippen LogP contribution in [-0.2, 0) is 20.6 Å². The number of nitrogen functional groups attached to an aromatic ring is 1. The standard InChI is InChI=1S/C10H15N3O3S/c1-12-10(14)6-13-17(15,16)7-8-4-2-3-5-9(8)11/h2-5,13H,6-7,11H2,1H3,(H,12,14). The van der Waals surface area contributed by atoms with Gasteiger partial charge in [0.2, 0.25) is 15.9 Å². The molecular weight excluding hydrogens is 242 g/mol. The molecule has 7 heteroatoms. The van der Waals surface area contributed by atoms with Crippen LogP contribution in [0.5, 0.6) is 0 Å². The molecule has 0 unspecified atom stereocenters. The van der Waals surface area contributed by atoms with Crippen LogP contribution in [-0.4, -0.2) is 27.9 Å². The molecule has 1 aromatic rings. The molecule has 1 amide bonds. The largest absolute Gasteiger partial charge is 0.398 e. The first kappa shape index (κ1) is 13.5. The number of sulfonamides is 1. The first-order chi connectivity index (χ1) is 7.94. The lowest BCUT2D eigenvalue weighted by Gasteiger charge is -2.07. The Hall–Kier alpha value is -1.60.